The third-order valence-corrected chi connectivity index (χ3v) is 3.84. The number of rotatable bonds is 3. The van der Waals surface area contributed by atoms with Crippen LogP contribution in [0.5, 0.6) is 0 Å². The Hall–Kier alpha value is -2.89. The van der Waals surface area contributed by atoms with Crippen LogP contribution in [0.3, 0.4) is 0 Å². The average molecular weight is 312 g/mol. The zero-order chi connectivity index (χ0) is 16.4. The maximum atomic E-state index is 12.4. The summed E-state index contributed by atoms with van der Waals surface area (Å²) in [4.78, 5) is 26.0. The molecule has 3 rings (SSSR count). The van der Waals surface area contributed by atoms with E-state index in [2.05, 4.69) is 0 Å². The highest BCUT2D eigenvalue weighted by Crippen LogP contribution is 2.31. The predicted molar refractivity (Wildman–Crippen MR) is 82.8 cm³/mol. The number of aromatic nitrogens is 1. The lowest BCUT2D eigenvalue weighted by molar-refractivity contribution is -0.605. The van der Waals surface area contributed by atoms with Gasteiger partial charge in [-0.15, -0.1) is 0 Å². The molecule has 0 fully saturated rings. The van der Waals surface area contributed by atoms with Gasteiger partial charge in [-0.05, 0) is 25.0 Å². The molecule has 0 bridgehead atoms. The van der Waals surface area contributed by atoms with Crippen molar-refractivity contribution in [1.29, 1.82) is 0 Å². The van der Waals surface area contributed by atoms with Crippen molar-refractivity contribution in [2.75, 3.05) is 11.5 Å². The van der Waals surface area contributed by atoms with Crippen LogP contribution in [0.15, 0.2) is 48.8 Å². The van der Waals surface area contributed by atoms with E-state index < -0.39 is 5.97 Å². The van der Waals surface area contributed by atoms with Crippen LogP contribution in [-0.4, -0.2) is 24.5 Å². The van der Waals surface area contributed by atoms with Crippen molar-refractivity contribution in [3.05, 3.63) is 65.1 Å². The normalized spacial score (nSPS) is 16.0. The summed E-state index contributed by atoms with van der Waals surface area (Å²) in [6.45, 7) is 1.63. The van der Waals surface area contributed by atoms with Crippen molar-refractivity contribution in [3.8, 4) is 0 Å². The maximum absolute atomic E-state index is 12.4. The van der Waals surface area contributed by atoms with Crippen LogP contribution in [0.1, 0.15) is 22.8 Å². The molecular formula is C17H16N2O4. The highest BCUT2D eigenvalue weighted by Gasteiger charge is 2.31. The Morgan fingerprint density at radius 2 is 1.96 bits per heavy atom. The molecule has 2 heterocycles. The van der Waals surface area contributed by atoms with Crippen molar-refractivity contribution in [3.63, 3.8) is 0 Å². The minimum atomic E-state index is -0.626. The third kappa shape index (κ3) is 3.01. The summed E-state index contributed by atoms with van der Waals surface area (Å²) >= 11 is 0. The van der Waals surface area contributed by atoms with Gasteiger partial charge in [0.2, 0.25) is 0 Å². The van der Waals surface area contributed by atoms with Crippen LogP contribution >= 0.6 is 0 Å². The second kappa shape index (κ2) is 6.08. The van der Waals surface area contributed by atoms with Gasteiger partial charge in [-0.25, -0.2) is 4.79 Å². The number of benzene rings is 1. The predicted octanol–water partition coefficient (Wildman–Crippen LogP) is 1.45. The number of fused-ring (bicyclic) bond motifs is 1. The maximum Gasteiger partial charge on any atom is 0.339 e. The number of pyridine rings is 1. The first-order valence-electron chi connectivity index (χ1n) is 7.32. The standard InChI is InChI=1S/C17H16N2O4/c1-12-10-14-4-2-3-5-15(14)19(12)16(20)11-23-17(21)13-6-8-18(22)9-7-13/h2-9,12H,10-11H2,1H3/t12-/m1/s1. The summed E-state index contributed by atoms with van der Waals surface area (Å²) in [5.41, 5.74) is 2.22. The summed E-state index contributed by atoms with van der Waals surface area (Å²) in [6.07, 6.45) is 3.20. The number of anilines is 1. The molecule has 0 N–H and O–H groups in total. The Bertz CT molecular complexity index is 743. The highest BCUT2D eigenvalue weighted by atomic mass is 16.5. The average Bonchev–Trinajstić information content (AvgIpc) is 2.88. The van der Waals surface area contributed by atoms with E-state index in [-0.39, 0.29) is 24.1 Å². The second-order valence-electron chi connectivity index (χ2n) is 5.47. The van der Waals surface area contributed by atoms with Crippen LogP contribution < -0.4 is 9.63 Å². The minimum absolute atomic E-state index is 0.0368. The number of amides is 1. The zero-order valence-corrected chi connectivity index (χ0v) is 12.6. The molecule has 0 saturated carbocycles. The van der Waals surface area contributed by atoms with Crippen LogP contribution in [0.25, 0.3) is 0 Å². The van der Waals surface area contributed by atoms with E-state index in [1.807, 2.05) is 31.2 Å². The van der Waals surface area contributed by atoms with E-state index in [0.717, 1.165) is 17.7 Å². The Labute approximate surface area is 133 Å². The topological polar surface area (TPSA) is 73.5 Å². The van der Waals surface area contributed by atoms with E-state index in [9.17, 15) is 14.8 Å². The Balaban J connectivity index is 1.66. The van der Waals surface area contributed by atoms with Gasteiger partial charge in [0.1, 0.15) is 0 Å². The lowest BCUT2D eigenvalue weighted by Crippen LogP contribution is -2.38. The first-order valence-corrected chi connectivity index (χ1v) is 7.32. The summed E-state index contributed by atoms with van der Waals surface area (Å²) in [6, 6.07) is 10.5. The third-order valence-electron chi connectivity index (χ3n) is 3.84. The molecule has 1 aliphatic rings. The SMILES string of the molecule is C[C@@H]1Cc2ccccc2N1C(=O)COC(=O)c1cc[n+]([O-])cc1. The molecule has 1 aromatic carbocycles. The molecule has 0 radical (unpaired) electrons. The lowest BCUT2D eigenvalue weighted by Gasteiger charge is -2.22. The molecule has 118 valence electrons. The van der Waals surface area contributed by atoms with Crippen LogP contribution in [-0.2, 0) is 16.0 Å². The molecule has 0 spiro atoms. The van der Waals surface area contributed by atoms with Crippen LogP contribution in [0.2, 0.25) is 0 Å². The molecule has 1 aliphatic heterocycles. The molecule has 0 aliphatic carbocycles. The number of ether oxygens (including phenoxy) is 1. The molecule has 1 aromatic heterocycles. The molecule has 2 aromatic rings. The molecule has 6 heteroatoms. The number of hydrogen-bond donors (Lipinski definition) is 0. The number of carbonyl (C=O) groups is 2. The molecule has 1 atom stereocenters. The van der Waals surface area contributed by atoms with E-state index in [4.69, 9.17) is 4.74 Å². The van der Waals surface area contributed by atoms with Gasteiger partial charge in [-0.3, -0.25) is 4.79 Å². The van der Waals surface area contributed by atoms with Crippen molar-refractivity contribution in [2.45, 2.75) is 19.4 Å². The Morgan fingerprint density at radius 3 is 2.70 bits per heavy atom. The zero-order valence-electron chi connectivity index (χ0n) is 12.6. The van der Waals surface area contributed by atoms with Gasteiger partial charge in [-0.2, -0.15) is 4.73 Å². The van der Waals surface area contributed by atoms with Gasteiger partial charge in [0.15, 0.2) is 19.0 Å². The fourth-order valence-corrected chi connectivity index (χ4v) is 2.77. The lowest BCUT2D eigenvalue weighted by atomic mass is 10.1. The van der Waals surface area contributed by atoms with Crippen LogP contribution in [0.4, 0.5) is 5.69 Å². The molecule has 6 nitrogen and oxygen atoms in total. The van der Waals surface area contributed by atoms with E-state index >= 15 is 0 Å². The van der Waals surface area contributed by atoms with Gasteiger partial charge >= 0.3 is 5.97 Å². The van der Waals surface area contributed by atoms with Crippen molar-refractivity contribution >= 4 is 17.6 Å². The number of esters is 1. The summed E-state index contributed by atoms with van der Waals surface area (Å²) < 4.78 is 5.64. The second-order valence-corrected chi connectivity index (χ2v) is 5.47. The summed E-state index contributed by atoms with van der Waals surface area (Å²) in [7, 11) is 0. The molecule has 0 unspecified atom stereocenters. The van der Waals surface area contributed by atoms with Crippen molar-refractivity contribution in [1.82, 2.24) is 0 Å². The molecule has 1 amide bonds. The van der Waals surface area contributed by atoms with Gasteiger partial charge in [0.05, 0.1) is 5.56 Å². The van der Waals surface area contributed by atoms with Gasteiger partial charge < -0.3 is 14.8 Å². The first-order chi connectivity index (χ1) is 11.1. The number of nitrogens with zero attached hydrogens (tertiary/aromatic N) is 2. The van der Waals surface area contributed by atoms with E-state index in [1.54, 1.807) is 4.90 Å². The van der Waals surface area contributed by atoms with Gasteiger partial charge in [0, 0.05) is 23.9 Å². The van der Waals surface area contributed by atoms with Crippen molar-refractivity contribution < 1.29 is 19.1 Å². The number of hydrogen-bond acceptors (Lipinski definition) is 4. The molecular weight excluding hydrogens is 296 g/mol. The minimum Gasteiger partial charge on any atom is -0.619 e. The number of para-hydroxylation sites is 1. The van der Waals surface area contributed by atoms with Gasteiger partial charge in [0.25, 0.3) is 5.91 Å². The van der Waals surface area contributed by atoms with Crippen molar-refractivity contribution in [2.24, 2.45) is 0 Å². The quantitative estimate of drug-likeness (QED) is 0.488. The Morgan fingerprint density at radius 1 is 1.26 bits per heavy atom. The smallest absolute Gasteiger partial charge is 0.339 e. The Kier molecular flexibility index (Phi) is 3.97. The fourth-order valence-electron chi connectivity index (χ4n) is 2.77. The summed E-state index contributed by atoms with van der Waals surface area (Å²) in [5, 5.41) is 10.9. The molecule has 23 heavy (non-hydrogen) atoms. The summed E-state index contributed by atoms with van der Waals surface area (Å²) in [5.74, 6) is -0.885. The van der Waals surface area contributed by atoms with Gasteiger partial charge in [-0.1, -0.05) is 18.2 Å². The largest absolute Gasteiger partial charge is 0.619 e. The van der Waals surface area contributed by atoms with E-state index in [1.165, 1.54) is 24.5 Å². The first kappa shape index (κ1) is 15.0. The van der Waals surface area contributed by atoms with Crippen LogP contribution in [0, 0.1) is 5.21 Å². The van der Waals surface area contributed by atoms with E-state index in [0.29, 0.717) is 4.73 Å². The number of carbonyl (C=O) groups excluding carboxylic acids is 2. The monoisotopic (exact) mass is 312 g/mol. The fraction of sp³-hybridized carbons (Fsp3) is 0.235. The highest BCUT2D eigenvalue weighted by molar-refractivity contribution is 5.99. The molecule has 0 saturated heterocycles.